The second-order valence-electron chi connectivity index (χ2n) is 16.2. The van der Waals surface area contributed by atoms with E-state index >= 15 is 0 Å². The molecule has 3 heterocycles. The summed E-state index contributed by atoms with van der Waals surface area (Å²) >= 11 is 0. The molecule has 5 aromatic carbocycles. The van der Waals surface area contributed by atoms with Crippen LogP contribution in [0.4, 0.5) is 0 Å². The summed E-state index contributed by atoms with van der Waals surface area (Å²) in [6.45, 7) is 17.6. The Kier molecular flexibility index (Phi) is 9.91. The molecule has 0 spiro atoms. The maximum atomic E-state index is 6.69. The van der Waals surface area contributed by atoms with Gasteiger partial charge in [0.05, 0.1) is 0 Å². The Morgan fingerprint density at radius 2 is 1.35 bits per heavy atom. The van der Waals surface area contributed by atoms with Crippen LogP contribution in [-0.4, -0.2) is 15.4 Å². The zero-order chi connectivity index (χ0) is 37.1. The minimum atomic E-state index is -0.256. The number of pyridine rings is 1. The first-order valence-corrected chi connectivity index (χ1v) is 18.4. The molecule has 6 heteroatoms. The van der Waals surface area contributed by atoms with E-state index < -0.39 is 0 Å². The molecular formula is C48H45N3O2Pt. The number of rotatable bonds is 6. The third-order valence-electron chi connectivity index (χ3n) is 10.3. The quantitative estimate of drug-likeness (QED) is 0.156. The first kappa shape index (κ1) is 37.3. The van der Waals surface area contributed by atoms with E-state index in [-0.39, 0.29) is 44.0 Å². The molecule has 1 aliphatic rings. The molecule has 274 valence electrons. The molecule has 7 aromatic rings. The molecule has 0 saturated carbocycles. The third-order valence-corrected chi connectivity index (χ3v) is 10.3. The summed E-state index contributed by atoms with van der Waals surface area (Å²) in [7, 11) is 0. The molecule has 0 aliphatic carbocycles. The second-order valence-corrected chi connectivity index (χ2v) is 16.2. The van der Waals surface area contributed by atoms with Crippen LogP contribution in [-0.2, 0) is 36.6 Å². The molecule has 1 aliphatic heterocycles. The average molecular weight is 891 g/mol. The van der Waals surface area contributed by atoms with Crippen LogP contribution in [0.25, 0.3) is 27.6 Å². The fourth-order valence-electron chi connectivity index (χ4n) is 7.23. The second kappa shape index (κ2) is 14.3. The van der Waals surface area contributed by atoms with E-state index in [0.717, 1.165) is 55.4 Å². The fraction of sp³-hybridized carbons (Fsp3) is 0.250. The number of aryl methyl sites for hydroxylation is 2. The van der Waals surface area contributed by atoms with Gasteiger partial charge in [0.15, 0.2) is 0 Å². The molecular weight excluding hydrogens is 846 g/mol. The smallest absolute Gasteiger partial charge is 0.510 e. The van der Waals surface area contributed by atoms with Crippen LogP contribution in [0.5, 0.6) is 11.5 Å². The van der Waals surface area contributed by atoms with Crippen LogP contribution >= 0.6 is 0 Å². The van der Waals surface area contributed by atoms with Crippen LogP contribution in [0.1, 0.15) is 92.6 Å². The Bertz CT molecular complexity index is 2510. The Labute approximate surface area is 333 Å². The number of aliphatic imine (C=N–C) groups is 1. The first-order chi connectivity index (χ1) is 25.3. The predicted molar refractivity (Wildman–Crippen MR) is 216 cm³/mol. The Balaban J connectivity index is 0.00000450. The largest absolute Gasteiger partial charge is 2.00 e. The van der Waals surface area contributed by atoms with Crippen LogP contribution in [0.2, 0.25) is 0 Å². The SMILES string of the molecule is Cc1cc(C)c(C2=N[C@H](c3ccccc3)[C@H](c3ccccc3)O2)[c-]c1Oc1[c-]c2c(cc1)c1cc(C(C)(C)C)ccc1n2-c1cc(C(C)(C)C)ccn1.[Pt+2]. The van der Waals surface area contributed by atoms with E-state index in [4.69, 9.17) is 19.5 Å². The van der Waals surface area contributed by atoms with Crippen molar-refractivity contribution in [1.82, 2.24) is 9.55 Å². The molecule has 8 rings (SSSR count). The van der Waals surface area contributed by atoms with Gasteiger partial charge in [0.25, 0.3) is 0 Å². The van der Waals surface area contributed by atoms with E-state index in [1.54, 1.807) is 0 Å². The van der Waals surface area contributed by atoms with Gasteiger partial charge in [0.2, 0.25) is 0 Å². The Morgan fingerprint density at radius 3 is 2.04 bits per heavy atom. The van der Waals surface area contributed by atoms with E-state index in [1.807, 2.05) is 55.6 Å². The molecule has 5 nitrogen and oxygen atoms in total. The van der Waals surface area contributed by atoms with Crippen molar-refractivity contribution in [2.45, 2.75) is 78.4 Å². The zero-order valence-electron chi connectivity index (χ0n) is 32.1. The molecule has 2 aromatic heterocycles. The van der Waals surface area contributed by atoms with E-state index in [2.05, 4.69) is 132 Å². The number of aromatic nitrogens is 2. The molecule has 0 radical (unpaired) electrons. The molecule has 2 atom stereocenters. The van der Waals surface area contributed by atoms with Gasteiger partial charge in [0.1, 0.15) is 23.9 Å². The number of hydrogen-bond donors (Lipinski definition) is 0. The van der Waals surface area contributed by atoms with Crippen molar-refractivity contribution in [3.63, 3.8) is 0 Å². The van der Waals surface area contributed by atoms with Gasteiger partial charge in [0, 0.05) is 23.2 Å². The van der Waals surface area contributed by atoms with Crippen molar-refractivity contribution in [2.75, 3.05) is 0 Å². The normalized spacial score (nSPS) is 15.9. The standard InChI is InChI=1S/C48H45N3O2.Pt/c1-30-25-31(2)42(29-38(30)46-50-44(32-15-11-9-12-16-32)45(53-46)33-17-13-10-14-18-33)52-36-20-21-37-39-26-34(47(3,4)5)19-22-40(39)51(41(37)28-36)43-27-35(23-24-49-43)48(6,7)8;/h9-27,44-45H,1-8H3;/q-2;+2/t44-,45+;/m1./s1. The first-order valence-electron chi connectivity index (χ1n) is 18.4. The minimum absolute atomic E-state index is 0. The summed E-state index contributed by atoms with van der Waals surface area (Å²) in [6.07, 6.45) is 1.65. The number of nitrogens with zero attached hydrogens (tertiary/aromatic N) is 3. The van der Waals surface area contributed by atoms with Gasteiger partial charge in [-0.05, 0) is 56.7 Å². The number of ether oxygens (including phenoxy) is 2. The Hall–Kier alpha value is -4.99. The van der Waals surface area contributed by atoms with Crippen LogP contribution in [0, 0.1) is 26.0 Å². The van der Waals surface area contributed by atoms with E-state index in [9.17, 15) is 0 Å². The number of hydrogen-bond acceptors (Lipinski definition) is 4. The summed E-state index contributed by atoms with van der Waals surface area (Å²) in [4.78, 5) is 10.1. The number of benzene rings is 5. The summed E-state index contributed by atoms with van der Waals surface area (Å²) in [5.74, 6) is 2.62. The van der Waals surface area contributed by atoms with Gasteiger partial charge in [-0.2, -0.15) is 6.07 Å². The predicted octanol–water partition coefficient (Wildman–Crippen LogP) is 12.0. The molecule has 54 heavy (non-hydrogen) atoms. The van der Waals surface area contributed by atoms with Crippen LogP contribution in [0.3, 0.4) is 0 Å². The van der Waals surface area contributed by atoms with Crippen molar-refractivity contribution in [2.24, 2.45) is 4.99 Å². The maximum Gasteiger partial charge on any atom is 2.00 e. The third kappa shape index (κ3) is 7.03. The topological polar surface area (TPSA) is 48.6 Å². The van der Waals surface area contributed by atoms with Gasteiger partial charge < -0.3 is 14.0 Å². The van der Waals surface area contributed by atoms with Gasteiger partial charge in [-0.1, -0.05) is 151 Å². The minimum Gasteiger partial charge on any atom is -0.510 e. The monoisotopic (exact) mass is 890 g/mol. The van der Waals surface area contributed by atoms with Crippen molar-refractivity contribution < 1.29 is 30.5 Å². The average Bonchev–Trinajstić information content (AvgIpc) is 3.72. The summed E-state index contributed by atoms with van der Waals surface area (Å²) in [5.41, 5.74) is 9.42. The molecule has 0 unspecified atom stereocenters. The van der Waals surface area contributed by atoms with Crippen molar-refractivity contribution in [3.05, 3.63) is 166 Å². The van der Waals surface area contributed by atoms with Gasteiger partial charge >= 0.3 is 21.1 Å². The van der Waals surface area contributed by atoms with Crippen LogP contribution in [0.15, 0.2) is 120 Å². The molecule has 0 N–H and O–H groups in total. The van der Waals surface area contributed by atoms with Crippen molar-refractivity contribution in [1.29, 1.82) is 0 Å². The molecule has 0 saturated heterocycles. The fourth-order valence-corrected chi connectivity index (χ4v) is 7.23. The zero-order valence-corrected chi connectivity index (χ0v) is 34.4. The summed E-state index contributed by atoms with van der Waals surface area (Å²) in [6, 6.07) is 45.0. The molecule has 0 bridgehead atoms. The molecule has 0 fully saturated rings. The van der Waals surface area contributed by atoms with Crippen LogP contribution < -0.4 is 4.74 Å². The van der Waals surface area contributed by atoms with E-state index in [1.165, 1.54) is 11.1 Å². The van der Waals surface area contributed by atoms with Gasteiger partial charge in [-0.15, -0.1) is 29.1 Å². The number of fused-ring (bicyclic) bond motifs is 3. The Morgan fingerprint density at radius 1 is 0.685 bits per heavy atom. The van der Waals surface area contributed by atoms with Gasteiger partial charge in [-0.25, -0.2) is 4.98 Å². The van der Waals surface area contributed by atoms with Gasteiger partial charge in [-0.3, -0.25) is 4.99 Å². The van der Waals surface area contributed by atoms with Crippen molar-refractivity contribution >= 4 is 27.7 Å². The van der Waals surface area contributed by atoms with Crippen molar-refractivity contribution in [3.8, 4) is 17.3 Å². The summed E-state index contributed by atoms with van der Waals surface area (Å²) < 4.78 is 15.6. The molecule has 0 amide bonds. The van der Waals surface area contributed by atoms with E-state index in [0.29, 0.717) is 17.4 Å². The summed E-state index contributed by atoms with van der Waals surface area (Å²) in [5, 5.41) is 2.26. The maximum absolute atomic E-state index is 6.69.